The molecule has 1 fully saturated rings. The largest absolute Gasteiger partial charge is 0.507 e. The van der Waals surface area contributed by atoms with Crippen LogP contribution in [0.1, 0.15) is 48.8 Å². The number of esters is 1. The molecule has 0 aromatic heterocycles. The fourth-order valence-electron chi connectivity index (χ4n) is 2.61. The Morgan fingerprint density at radius 2 is 2.06 bits per heavy atom. The van der Waals surface area contributed by atoms with Crippen LogP contribution in [0.15, 0.2) is 18.2 Å². The van der Waals surface area contributed by atoms with Crippen molar-refractivity contribution in [3.63, 3.8) is 0 Å². The molecule has 2 rings (SSSR count). The second-order valence-corrected chi connectivity index (χ2v) is 4.69. The number of para-hydroxylation sites is 1. The van der Waals surface area contributed by atoms with Crippen molar-refractivity contribution in [2.75, 3.05) is 7.11 Å². The van der Waals surface area contributed by atoms with Crippen LogP contribution in [0.2, 0.25) is 0 Å². The predicted molar refractivity (Wildman–Crippen MR) is 66.3 cm³/mol. The van der Waals surface area contributed by atoms with E-state index < -0.39 is 12.1 Å². The molecule has 1 saturated carbocycles. The van der Waals surface area contributed by atoms with Crippen molar-refractivity contribution in [1.82, 2.24) is 0 Å². The normalized spacial score (nSPS) is 17.7. The van der Waals surface area contributed by atoms with Crippen molar-refractivity contribution in [3.05, 3.63) is 29.3 Å². The zero-order valence-corrected chi connectivity index (χ0v) is 10.4. The number of aromatic hydroxyl groups is 1. The smallest absolute Gasteiger partial charge is 0.339 e. The summed E-state index contributed by atoms with van der Waals surface area (Å²) in [4.78, 5) is 11.3. The molecular weight excluding hydrogens is 232 g/mol. The first kappa shape index (κ1) is 12.9. The van der Waals surface area contributed by atoms with Gasteiger partial charge in [-0.05, 0) is 24.3 Å². The molecule has 4 heteroatoms. The van der Waals surface area contributed by atoms with Gasteiger partial charge in [-0.3, -0.25) is 0 Å². The first-order valence-corrected chi connectivity index (χ1v) is 6.22. The molecule has 0 radical (unpaired) electrons. The molecule has 1 aliphatic rings. The molecule has 0 heterocycles. The van der Waals surface area contributed by atoms with Crippen molar-refractivity contribution in [3.8, 4) is 5.75 Å². The minimum Gasteiger partial charge on any atom is -0.507 e. The maximum Gasteiger partial charge on any atom is 0.339 e. The lowest BCUT2D eigenvalue weighted by Crippen LogP contribution is -2.14. The van der Waals surface area contributed by atoms with E-state index in [2.05, 4.69) is 4.74 Å². The summed E-state index contributed by atoms with van der Waals surface area (Å²) in [5.41, 5.74) is 1.05. The van der Waals surface area contributed by atoms with E-state index in [9.17, 15) is 15.0 Å². The van der Waals surface area contributed by atoms with Gasteiger partial charge in [0, 0.05) is 5.56 Å². The van der Waals surface area contributed by atoms with Crippen LogP contribution in [0.3, 0.4) is 0 Å². The van der Waals surface area contributed by atoms with Crippen LogP contribution >= 0.6 is 0 Å². The molecule has 98 valence electrons. The molecule has 0 spiro atoms. The van der Waals surface area contributed by atoms with Gasteiger partial charge in [0.15, 0.2) is 6.10 Å². The summed E-state index contributed by atoms with van der Waals surface area (Å²) < 4.78 is 4.49. The van der Waals surface area contributed by atoms with Gasteiger partial charge in [-0.25, -0.2) is 4.79 Å². The van der Waals surface area contributed by atoms with Crippen LogP contribution in [0.5, 0.6) is 5.75 Å². The Labute approximate surface area is 106 Å². The molecular formula is C14H18O4. The van der Waals surface area contributed by atoms with E-state index >= 15 is 0 Å². The second-order valence-electron chi connectivity index (χ2n) is 4.69. The molecule has 0 saturated heterocycles. The van der Waals surface area contributed by atoms with Crippen molar-refractivity contribution in [2.45, 2.75) is 37.7 Å². The van der Waals surface area contributed by atoms with E-state index in [0.29, 0.717) is 5.92 Å². The molecule has 1 unspecified atom stereocenters. The van der Waals surface area contributed by atoms with E-state index in [1.54, 1.807) is 12.1 Å². The van der Waals surface area contributed by atoms with Gasteiger partial charge in [-0.2, -0.15) is 0 Å². The Balaban J connectivity index is 2.32. The zero-order chi connectivity index (χ0) is 13.1. The van der Waals surface area contributed by atoms with Gasteiger partial charge >= 0.3 is 5.97 Å². The number of aliphatic hydroxyl groups is 1. The van der Waals surface area contributed by atoms with Gasteiger partial charge < -0.3 is 14.9 Å². The maximum absolute atomic E-state index is 11.3. The molecule has 1 atom stereocenters. The summed E-state index contributed by atoms with van der Waals surface area (Å²) in [6, 6.07) is 5.17. The quantitative estimate of drug-likeness (QED) is 0.807. The highest BCUT2D eigenvalue weighted by Crippen LogP contribution is 2.40. The van der Waals surface area contributed by atoms with Crippen molar-refractivity contribution < 1.29 is 19.7 Å². The Bertz CT molecular complexity index is 435. The number of carbonyl (C=O) groups excluding carboxylic acids is 1. The number of ether oxygens (including phenoxy) is 1. The van der Waals surface area contributed by atoms with Gasteiger partial charge in [0.05, 0.1) is 7.11 Å². The number of methoxy groups -OCH3 is 1. The number of hydrogen-bond acceptors (Lipinski definition) is 4. The number of phenols is 1. The molecule has 0 bridgehead atoms. The molecule has 2 N–H and O–H groups in total. The Morgan fingerprint density at radius 3 is 2.67 bits per heavy atom. The van der Waals surface area contributed by atoms with Crippen LogP contribution < -0.4 is 0 Å². The third-order valence-electron chi connectivity index (χ3n) is 3.61. The van der Waals surface area contributed by atoms with Crippen molar-refractivity contribution in [1.29, 1.82) is 0 Å². The van der Waals surface area contributed by atoms with Crippen molar-refractivity contribution in [2.24, 2.45) is 0 Å². The molecule has 0 amide bonds. The van der Waals surface area contributed by atoms with Crippen LogP contribution in [-0.4, -0.2) is 23.3 Å². The van der Waals surface area contributed by atoms with Crippen LogP contribution in [0, 0.1) is 0 Å². The maximum atomic E-state index is 11.3. The van der Waals surface area contributed by atoms with E-state index in [1.165, 1.54) is 7.11 Å². The predicted octanol–water partition coefficient (Wildman–Crippen LogP) is 2.26. The second kappa shape index (κ2) is 5.40. The highest BCUT2D eigenvalue weighted by Gasteiger charge is 2.26. The number of phenolic OH excluding ortho intramolecular Hbond substituents is 1. The molecule has 0 aliphatic heterocycles. The first-order chi connectivity index (χ1) is 8.65. The topological polar surface area (TPSA) is 66.8 Å². The monoisotopic (exact) mass is 250 g/mol. The van der Waals surface area contributed by atoms with E-state index in [0.717, 1.165) is 31.2 Å². The third kappa shape index (κ3) is 2.34. The third-order valence-corrected chi connectivity index (χ3v) is 3.61. The fraction of sp³-hybridized carbons (Fsp3) is 0.500. The van der Waals surface area contributed by atoms with Crippen LogP contribution in [0.4, 0.5) is 0 Å². The van der Waals surface area contributed by atoms with Gasteiger partial charge in [-0.1, -0.05) is 31.0 Å². The van der Waals surface area contributed by atoms with Gasteiger partial charge in [0.2, 0.25) is 0 Å². The average Bonchev–Trinajstić information content (AvgIpc) is 2.91. The van der Waals surface area contributed by atoms with Gasteiger partial charge in [0.25, 0.3) is 0 Å². The van der Waals surface area contributed by atoms with E-state index in [4.69, 9.17) is 0 Å². The minimum atomic E-state index is -1.42. The SMILES string of the molecule is COC(=O)C(O)c1cccc(C2CCCC2)c1O. The molecule has 18 heavy (non-hydrogen) atoms. The average molecular weight is 250 g/mol. The lowest BCUT2D eigenvalue weighted by Gasteiger charge is -2.16. The summed E-state index contributed by atoms with van der Waals surface area (Å²) in [6.07, 6.45) is 3.00. The summed E-state index contributed by atoms with van der Waals surface area (Å²) in [5.74, 6) is -0.397. The fourth-order valence-corrected chi connectivity index (χ4v) is 2.61. The number of rotatable bonds is 3. The Hall–Kier alpha value is -1.55. The minimum absolute atomic E-state index is 0.0299. The molecule has 4 nitrogen and oxygen atoms in total. The molecule has 1 aromatic carbocycles. The van der Waals surface area contributed by atoms with Gasteiger partial charge in [0.1, 0.15) is 5.75 Å². The zero-order valence-electron chi connectivity index (χ0n) is 10.4. The van der Waals surface area contributed by atoms with E-state index in [-0.39, 0.29) is 11.3 Å². The van der Waals surface area contributed by atoms with Crippen LogP contribution in [-0.2, 0) is 9.53 Å². The Morgan fingerprint density at radius 1 is 1.39 bits per heavy atom. The van der Waals surface area contributed by atoms with E-state index in [1.807, 2.05) is 6.07 Å². The lowest BCUT2D eigenvalue weighted by atomic mass is 9.93. The van der Waals surface area contributed by atoms with Gasteiger partial charge in [-0.15, -0.1) is 0 Å². The van der Waals surface area contributed by atoms with Crippen molar-refractivity contribution >= 4 is 5.97 Å². The summed E-state index contributed by atoms with van der Waals surface area (Å²) >= 11 is 0. The first-order valence-electron chi connectivity index (χ1n) is 6.22. The summed E-state index contributed by atoms with van der Waals surface area (Å²) in [6.45, 7) is 0. The summed E-state index contributed by atoms with van der Waals surface area (Å²) in [7, 11) is 1.21. The number of carbonyl (C=O) groups is 1. The number of hydrogen-bond donors (Lipinski definition) is 2. The number of aliphatic hydroxyl groups excluding tert-OH is 1. The number of benzene rings is 1. The highest BCUT2D eigenvalue weighted by molar-refractivity contribution is 5.77. The Kier molecular flexibility index (Phi) is 3.87. The standard InChI is InChI=1S/C14H18O4/c1-18-14(17)13(16)11-8-4-7-10(12(11)15)9-5-2-3-6-9/h4,7-9,13,15-16H,2-3,5-6H2,1H3. The molecule has 1 aliphatic carbocycles. The lowest BCUT2D eigenvalue weighted by molar-refractivity contribution is -0.150. The summed E-state index contributed by atoms with van der Waals surface area (Å²) in [5, 5.41) is 20.0. The highest BCUT2D eigenvalue weighted by atomic mass is 16.5. The van der Waals surface area contributed by atoms with Crippen LogP contribution in [0.25, 0.3) is 0 Å². The molecule has 1 aromatic rings.